The maximum absolute atomic E-state index is 14.0. The molecule has 4 rings (SSSR count). The lowest BCUT2D eigenvalue weighted by atomic mass is 9.96. The fourth-order valence-corrected chi connectivity index (χ4v) is 3.28. The molecule has 0 bridgehead atoms. The summed E-state index contributed by atoms with van der Waals surface area (Å²) in [6.45, 7) is 0. The standard InChI is InChI=1S/C21H20FN3/c1-25-14-20(17-7-3-4-8-18(17)22)24-21(25)13-12-16-11-10-15-6-2-5-9-19(15)23-16/h2-6,8-11,14,17H,7,12-13H2,1H3. The van der Waals surface area contributed by atoms with Crippen LogP contribution >= 0.6 is 0 Å². The van der Waals surface area contributed by atoms with E-state index in [1.807, 2.05) is 42.1 Å². The molecule has 0 fully saturated rings. The summed E-state index contributed by atoms with van der Waals surface area (Å²) in [5.74, 6) is 0.611. The smallest absolute Gasteiger partial charge is 0.109 e. The van der Waals surface area contributed by atoms with Gasteiger partial charge in [-0.1, -0.05) is 36.4 Å². The van der Waals surface area contributed by atoms with Gasteiger partial charge in [0, 0.05) is 30.7 Å². The average Bonchev–Trinajstić information content (AvgIpc) is 3.00. The average molecular weight is 333 g/mol. The quantitative estimate of drug-likeness (QED) is 0.696. The third-order valence-corrected chi connectivity index (χ3v) is 4.71. The molecule has 1 unspecified atom stereocenters. The van der Waals surface area contributed by atoms with E-state index < -0.39 is 0 Å². The summed E-state index contributed by atoms with van der Waals surface area (Å²) < 4.78 is 16.0. The largest absolute Gasteiger partial charge is 0.338 e. The highest BCUT2D eigenvalue weighted by atomic mass is 19.1. The number of pyridine rings is 1. The van der Waals surface area contributed by atoms with Gasteiger partial charge < -0.3 is 4.57 Å². The van der Waals surface area contributed by atoms with Gasteiger partial charge in [-0.05, 0) is 31.1 Å². The van der Waals surface area contributed by atoms with E-state index in [1.54, 1.807) is 6.08 Å². The molecule has 0 saturated heterocycles. The first-order valence-electron chi connectivity index (χ1n) is 8.60. The Balaban J connectivity index is 1.51. The van der Waals surface area contributed by atoms with Gasteiger partial charge in [0.2, 0.25) is 0 Å². The molecule has 1 aromatic carbocycles. The summed E-state index contributed by atoms with van der Waals surface area (Å²) in [6, 6.07) is 12.3. The van der Waals surface area contributed by atoms with Gasteiger partial charge >= 0.3 is 0 Å². The molecule has 0 N–H and O–H groups in total. The zero-order valence-corrected chi connectivity index (χ0v) is 14.2. The van der Waals surface area contributed by atoms with Crippen LogP contribution in [0.3, 0.4) is 0 Å². The van der Waals surface area contributed by atoms with Gasteiger partial charge in [-0.25, -0.2) is 9.37 Å². The number of imidazole rings is 1. The van der Waals surface area contributed by atoms with Crippen LogP contribution in [0.4, 0.5) is 4.39 Å². The van der Waals surface area contributed by atoms with Gasteiger partial charge in [0.15, 0.2) is 0 Å². The topological polar surface area (TPSA) is 30.7 Å². The first-order chi connectivity index (χ1) is 12.2. The summed E-state index contributed by atoms with van der Waals surface area (Å²) in [7, 11) is 1.97. The zero-order chi connectivity index (χ0) is 17.2. The molecule has 0 radical (unpaired) electrons. The molecule has 4 heteroatoms. The Morgan fingerprint density at radius 2 is 2.00 bits per heavy atom. The zero-order valence-electron chi connectivity index (χ0n) is 14.2. The van der Waals surface area contributed by atoms with Crippen molar-refractivity contribution in [3.63, 3.8) is 0 Å². The molecule has 0 spiro atoms. The van der Waals surface area contributed by atoms with Crippen molar-refractivity contribution < 1.29 is 4.39 Å². The monoisotopic (exact) mass is 333 g/mol. The number of nitrogens with zero attached hydrogens (tertiary/aromatic N) is 3. The Morgan fingerprint density at radius 3 is 2.88 bits per heavy atom. The van der Waals surface area contributed by atoms with Gasteiger partial charge in [-0.15, -0.1) is 0 Å². The van der Waals surface area contributed by atoms with E-state index in [4.69, 9.17) is 4.98 Å². The molecule has 0 amide bonds. The number of aromatic nitrogens is 3. The second-order valence-corrected chi connectivity index (χ2v) is 6.46. The maximum Gasteiger partial charge on any atom is 0.109 e. The molecule has 1 aliphatic carbocycles. The number of benzene rings is 1. The van der Waals surface area contributed by atoms with Crippen molar-refractivity contribution in [2.45, 2.75) is 25.2 Å². The van der Waals surface area contributed by atoms with E-state index >= 15 is 0 Å². The van der Waals surface area contributed by atoms with E-state index in [-0.39, 0.29) is 11.7 Å². The Kier molecular flexibility index (Phi) is 4.18. The Morgan fingerprint density at radius 1 is 1.12 bits per heavy atom. The Bertz CT molecular complexity index is 968. The van der Waals surface area contributed by atoms with E-state index in [0.717, 1.165) is 41.0 Å². The van der Waals surface area contributed by atoms with Crippen LogP contribution in [0.5, 0.6) is 0 Å². The van der Waals surface area contributed by atoms with Crippen LogP contribution in [0.1, 0.15) is 29.6 Å². The van der Waals surface area contributed by atoms with Crippen LogP contribution in [-0.4, -0.2) is 14.5 Å². The van der Waals surface area contributed by atoms with Gasteiger partial charge in [-0.3, -0.25) is 4.98 Å². The molecule has 2 heterocycles. The minimum atomic E-state index is -0.247. The van der Waals surface area contributed by atoms with Crippen molar-refractivity contribution in [1.29, 1.82) is 0 Å². The van der Waals surface area contributed by atoms with Crippen molar-refractivity contribution in [2.24, 2.45) is 7.05 Å². The molecule has 25 heavy (non-hydrogen) atoms. The molecule has 0 saturated carbocycles. The fourth-order valence-electron chi connectivity index (χ4n) is 3.28. The van der Waals surface area contributed by atoms with Crippen LogP contribution < -0.4 is 0 Å². The molecule has 2 aromatic heterocycles. The number of para-hydroxylation sites is 1. The van der Waals surface area contributed by atoms with Gasteiger partial charge in [0.25, 0.3) is 0 Å². The van der Waals surface area contributed by atoms with Gasteiger partial charge in [0.05, 0.1) is 17.1 Å². The Hall–Kier alpha value is -2.75. The Labute approximate surface area is 146 Å². The third kappa shape index (κ3) is 3.25. The van der Waals surface area contributed by atoms with E-state index in [0.29, 0.717) is 6.42 Å². The second kappa shape index (κ2) is 6.63. The molecular weight excluding hydrogens is 313 g/mol. The number of fused-ring (bicyclic) bond motifs is 1. The van der Waals surface area contributed by atoms with Crippen LogP contribution in [0, 0.1) is 0 Å². The van der Waals surface area contributed by atoms with Crippen LogP contribution in [0.2, 0.25) is 0 Å². The number of rotatable bonds is 4. The highest BCUT2D eigenvalue weighted by Crippen LogP contribution is 2.31. The minimum Gasteiger partial charge on any atom is -0.338 e. The summed E-state index contributed by atoms with van der Waals surface area (Å²) in [5, 5.41) is 1.15. The predicted octanol–water partition coefficient (Wildman–Crippen LogP) is 4.65. The minimum absolute atomic E-state index is 0.108. The van der Waals surface area contributed by atoms with E-state index in [2.05, 4.69) is 23.2 Å². The molecule has 1 atom stereocenters. The van der Waals surface area contributed by atoms with Gasteiger partial charge in [0.1, 0.15) is 11.7 Å². The lowest BCUT2D eigenvalue weighted by Gasteiger charge is -2.12. The number of hydrogen-bond acceptors (Lipinski definition) is 2. The first-order valence-corrected chi connectivity index (χ1v) is 8.60. The normalized spacial score (nSPS) is 17.0. The van der Waals surface area contributed by atoms with Crippen LogP contribution in [0.15, 0.2) is 66.6 Å². The van der Waals surface area contributed by atoms with Crippen molar-refractivity contribution in [2.75, 3.05) is 0 Å². The van der Waals surface area contributed by atoms with Crippen molar-refractivity contribution in [1.82, 2.24) is 14.5 Å². The highest BCUT2D eigenvalue weighted by Gasteiger charge is 2.21. The second-order valence-electron chi connectivity index (χ2n) is 6.46. The van der Waals surface area contributed by atoms with Gasteiger partial charge in [-0.2, -0.15) is 0 Å². The number of aryl methyl sites for hydroxylation is 3. The lowest BCUT2D eigenvalue weighted by Crippen LogP contribution is -2.03. The molecule has 3 aromatic rings. The van der Waals surface area contributed by atoms with Crippen LogP contribution in [0.25, 0.3) is 10.9 Å². The number of halogens is 1. The molecule has 3 nitrogen and oxygen atoms in total. The first kappa shape index (κ1) is 15.8. The third-order valence-electron chi connectivity index (χ3n) is 4.71. The summed E-state index contributed by atoms with van der Waals surface area (Å²) in [5.41, 5.74) is 2.87. The molecular formula is C21H20FN3. The summed E-state index contributed by atoms with van der Waals surface area (Å²) in [6.07, 6.45) is 9.50. The van der Waals surface area contributed by atoms with E-state index in [1.165, 1.54) is 6.08 Å². The highest BCUT2D eigenvalue weighted by molar-refractivity contribution is 5.78. The fraction of sp³-hybridized carbons (Fsp3) is 0.238. The number of hydrogen-bond donors (Lipinski definition) is 0. The SMILES string of the molecule is Cn1cc(C2CC=CC=C2F)nc1CCc1ccc2ccccc2n1. The summed E-state index contributed by atoms with van der Waals surface area (Å²) in [4.78, 5) is 9.40. The van der Waals surface area contributed by atoms with Crippen molar-refractivity contribution in [3.8, 4) is 0 Å². The summed E-state index contributed by atoms with van der Waals surface area (Å²) >= 11 is 0. The lowest BCUT2D eigenvalue weighted by molar-refractivity contribution is 0.535. The van der Waals surface area contributed by atoms with Crippen molar-refractivity contribution in [3.05, 3.63) is 83.9 Å². The maximum atomic E-state index is 14.0. The molecule has 1 aliphatic rings. The number of allylic oxidation sites excluding steroid dienone is 4. The molecule has 0 aliphatic heterocycles. The van der Waals surface area contributed by atoms with Crippen molar-refractivity contribution >= 4 is 10.9 Å². The molecule has 126 valence electrons. The van der Waals surface area contributed by atoms with E-state index in [9.17, 15) is 4.39 Å². The predicted molar refractivity (Wildman–Crippen MR) is 98.0 cm³/mol. The van der Waals surface area contributed by atoms with Crippen LogP contribution in [-0.2, 0) is 19.9 Å².